The summed E-state index contributed by atoms with van der Waals surface area (Å²) in [6, 6.07) is 0.200. The molecule has 102 valence electrons. The Balaban J connectivity index is 2.18. The molecule has 0 amide bonds. The minimum Gasteiger partial charge on any atom is -0.460 e. The topological polar surface area (TPSA) is 105 Å². The van der Waals surface area contributed by atoms with Crippen molar-refractivity contribution in [3.8, 4) is 12.0 Å². The van der Waals surface area contributed by atoms with E-state index in [4.69, 9.17) is 10.5 Å². The Morgan fingerprint density at radius 3 is 2.68 bits per heavy atom. The summed E-state index contributed by atoms with van der Waals surface area (Å²) >= 11 is 0. The smallest absolute Gasteiger partial charge is 0.323 e. The third-order valence-electron chi connectivity index (χ3n) is 2.35. The lowest BCUT2D eigenvalue weighted by Crippen LogP contribution is -2.17. The highest BCUT2D eigenvalue weighted by atomic mass is 16.5. The number of hydrogen-bond acceptors (Lipinski definition) is 7. The number of anilines is 1. The van der Waals surface area contributed by atoms with Gasteiger partial charge in [-0.1, -0.05) is 13.8 Å². The summed E-state index contributed by atoms with van der Waals surface area (Å²) in [7, 11) is 0. The molecule has 0 fully saturated rings. The molecule has 0 aliphatic heterocycles. The van der Waals surface area contributed by atoms with Gasteiger partial charge in [0.25, 0.3) is 5.95 Å². The van der Waals surface area contributed by atoms with Gasteiger partial charge in [0.1, 0.15) is 12.7 Å². The summed E-state index contributed by atoms with van der Waals surface area (Å²) in [5.41, 5.74) is 5.64. The van der Waals surface area contributed by atoms with Gasteiger partial charge < -0.3 is 10.5 Å². The molecule has 0 spiro atoms. The Hall–Kier alpha value is -2.25. The van der Waals surface area contributed by atoms with Crippen molar-refractivity contribution in [2.45, 2.75) is 33.3 Å². The first kappa shape index (κ1) is 13.2. The van der Waals surface area contributed by atoms with E-state index in [-0.39, 0.29) is 24.0 Å². The zero-order chi connectivity index (χ0) is 13.8. The molecule has 0 saturated heterocycles. The largest absolute Gasteiger partial charge is 0.460 e. The maximum absolute atomic E-state index is 5.64. The third-order valence-corrected chi connectivity index (χ3v) is 2.35. The van der Waals surface area contributed by atoms with Crippen molar-refractivity contribution in [1.82, 2.24) is 29.7 Å². The van der Waals surface area contributed by atoms with Gasteiger partial charge >= 0.3 is 6.01 Å². The van der Waals surface area contributed by atoms with Crippen LogP contribution in [0.1, 0.15) is 27.2 Å². The van der Waals surface area contributed by atoms with E-state index in [2.05, 4.69) is 38.9 Å². The first-order valence-corrected chi connectivity index (χ1v) is 6.08. The molecule has 0 bridgehead atoms. The van der Waals surface area contributed by atoms with E-state index in [0.29, 0.717) is 5.92 Å². The van der Waals surface area contributed by atoms with E-state index in [1.165, 1.54) is 17.3 Å². The summed E-state index contributed by atoms with van der Waals surface area (Å²) in [5.74, 6) is 0.910. The fourth-order valence-corrected chi connectivity index (χ4v) is 1.72. The second-order valence-electron chi connectivity index (χ2n) is 4.67. The third kappa shape index (κ3) is 3.60. The molecule has 0 aromatic carbocycles. The summed E-state index contributed by atoms with van der Waals surface area (Å²) in [6.45, 7) is 6.22. The van der Waals surface area contributed by atoms with Crippen LogP contribution in [0.3, 0.4) is 0 Å². The van der Waals surface area contributed by atoms with Crippen LogP contribution in [-0.4, -0.2) is 35.8 Å². The van der Waals surface area contributed by atoms with E-state index in [9.17, 15) is 0 Å². The van der Waals surface area contributed by atoms with Gasteiger partial charge in [-0.2, -0.15) is 24.7 Å². The molecule has 1 atom stereocenters. The van der Waals surface area contributed by atoms with Crippen molar-refractivity contribution in [2.75, 3.05) is 5.73 Å². The predicted molar refractivity (Wildman–Crippen MR) is 68.7 cm³/mol. The Labute approximate surface area is 111 Å². The lowest BCUT2D eigenvalue weighted by molar-refractivity contribution is 0.177. The van der Waals surface area contributed by atoms with Crippen molar-refractivity contribution in [3.63, 3.8) is 0 Å². The van der Waals surface area contributed by atoms with Gasteiger partial charge in [-0.25, -0.2) is 4.98 Å². The molecule has 2 rings (SSSR count). The van der Waals surface area contributed by atoms with Crippen molar-refractivity contribution in [2.24, 2.45) is 5.92 Å². The minimum absolute atomic E-state index is 0.00500. The average Bonchev–Trinajstić information content (AvgIpc) is 2.79. The Kier molecular flexibility index (Phi) is 3.88. The molecule has 2 aromatic heterocycles. The van der Waals surface area contributed by atoms with Crippen molar-refractivity contribution in [1.29, 1.82) is 0 Å². The molecular weight excluding hydrogens is 246 g/mol. The minimum atomic E-state index is 0.00500. The van der Waals surface area contributed by atoms with Gasteiger partial charge in [-0.3, -0.25) is 0 Å². The maximum atomic E-state index is 5.64. The molecule has 0 saturated carbocycles. The van der Waals surface area contributed by atoms with Crippen molar-refractivity contribution < 1.29 is 4.74 Å². The number of nitrogen functional groups attached to an aromatic ring is 1. The van der Waals surface area contributed by atoms with Crippen LogP contribution in [0.2, 0.25) is 0 Å². The van der Waals surface area contributed by atoms with Crippen LogP contribution >= 0.6 is 0 Å². The van der Waals surface area contributed by atoms with Gasteiger partial charge in [0.2, 0.25) is 5.95 Å². The van der Waals surface area contributed by atoms with Crippen LogP contribution in [-0.2, 0) is 0 Å². The van der Waals surface area contributed by atoms with Crippen LogP contribution in [0.5, 0.6) is 6.01 Å². The lowest BCUT2D eigenvalue weighted by Gasteiger charge is -2.15. The molecule has 2 heterocycles. The van der Waals surface area contributed by atoms with Gasteiger partial charge in [-0.05, 0) is 19.3 Å². The van der Waals surface area contributed by atoms with Crippen LogP contribution < -0.4 is 10.5 Å². The molecule has 0 aliphatic rings. The molecule has 8 nitrogen and oxygen atoms in total. The Bertz CT molecular complexity index is 526. The van der Waals surface area contributed by atoms with E-state index in [0.717, 1.165) is 6.42 Å². The Morgan fingerprint density at radius 2 is 2.05 bits per heavy atom. The first-order chi connectivity index (χ1) is 9.04. The normalized spacial score (nSPS) is 12.6. The van der Waals surface area contributed by atoms with Crippen molar-refractivity contribution in [3.05, 3.63) is 12.7 Å². The standard InChI is InChI=1S/C11H17N7O/c1-7(2)4-8(3)19-11-16-9(12)15-10(17-11)18-6-13-5-14-18/h5-8H,4H2,1-3H3,(H2,12,15,16,17). The molecular formula is C11H17N7O. The number of aromatic nitrogens is 6. The highest BCUT2D eigenvalue weighted by Gasteiger charge is 2.12. The summed E-state index contributed by atoms with van der Waals surface area (Å²) in [4.78, 5) is 15.9. The maximum Gasteiger partial charge on any atom is 0.323 e. The zero-order valence-corrected chi connectivity index (χ0v) is 11.2. The van der Waals surface area contributed by atoms with Crippen molar-refractivity contribution >= 4 is 5.95 Å². The van der Waals surface area contributed by atoms with Crippen LogP contribution in [0.4, 0.5) is 5.95 Å². The summed E-state index contributed by atoms with van der Waals surface area (Å²) in [6.07, 6.45) is 3.78. The van der Waals surface area contributed by atoms with Crippen LogP contribution in [0.25, 0.3) is 5.95 Å². The van der Waals surface area contributed by atoms with E-state index in [1.54, 1.807) is 0 Å². The number of nitrogens with two attached hydrogens (primary N) is 1. The molecule has 0 aliphatic carbocycles. The number of rotatable bonds is 5. The van der Waals surface area contributed by atoms with Crippen LogP contribution in [0.15, 0.2) is 12.7 Å². The summed E-state index contributed by atoms with van der Waals surface area (Å²) < 4.78 is 7.04. The van der Waals surface area contributed by atoms with Crippen LogP contribution in [0, 0.1) is 5.92 Å². The Morgan fingerprint density at radius 1 is 1.26 bits per heavy atom. The molecule has 8 heteroatoms. The average molecular weight is 263 g/mol. The monoisotopic (exact) mass is 263 g/mol. The molecule has 0 radical (unpaired) electrons. The number of nitrogens with zero attached hydrogens (tertiary/aromatic N) is 6. The van der Waals surface area contributed by atoms with Gasteiger partial charge in [-0.15, -0.1) is 0 Å². The molecule has 1 unspecified atom stereocenters. The fourth-order valence-electron chi connectivity index (χ4n) is 1.72. The van der Waals surface area contributed by atoms with E-state index >= 15 is 0 Å². The quantitative estimate of drug-likeness (QED) is 0.852. The van der Waals surface area contributed by atoms with Gasteiger partial charge in [0.05, 0.1) is 6.10 Å². The van der Waals surface area contributed by atoms with E-state index in [1.807, 2.05) is 6.92 Å². The zero-order valence-electron chi connectivity index (χ0n) is 11.2. The highest BCUT2D eigenvalue weighted by Crippen LogP contribution is 2.13. The highest BCUT2D eigenvalue weighted by molar-refractivity contribution is 5.24. The second-order valence-corrected chi connectivity index (χ2v) is 4.67. The summed E-state index contributed by atoms with van der Waals surface area (Å²) in [5, 5.41) is 3.94. The SMILES string of the molecule is CC(C)CC(C)Oc1nc(N)nc(-n2cncn2)n1. The molecule has 2 aromatic rings. The lowest BCUT2D eigenvalue weighted by atomic mass is 10.1. The predicted octanol–water partition coefficient (Wildman–Crippen LogP) is 0.848. The first-order valence-electron chi connectivity index (χ1n) is 6.08. The van der Waals surface area contributed by atoms with E-state index < -0.39 is 0 Å². The second kappa shape index (κ2) is 5.59. The molecule has 19 heavy (non-hydrogen) atoms. The number of hydrogen-bond donors (Lipinski definition) is 1. The fraction of sp³-hybridized carbons (Fsp3) is 0.545. The number of ether oxygens (including phenoxy) is 1. The van der Waals surface area contributed by atoms with Gasteiger partial charge in [0.15, 0.2) is 0 Å². The van der Waals surface area contributed by atoms with Gasteiger partial charge in [0, 0.05) is 0 Å². The molecule has 2 N–H and O–H groups in total.